The van der Waals surface area contributed by atoms with Crippen LogP contribution in [-0.4, -0.2) is 37.6 Å². The van der Waals surface area contributed by atoms with Gasteiger partial charge in [0, 0.05) is 25.3 Å². The molecule has 3 heteroatoms. The van der Waals surface area contributed by atoms with Crippen LogP contribution in [-0.2, 0) is 6.54 Å². The van der Waals surface area contributed by atoms with E-state index in [2.05, 4.69) is 41.0 Å². The van der Waals surface area contributed by atoms with Crippen molar-refractivity contribution in [2.45, 2.75) is 39.2 Å². The maximum Gasteiger partial charge on any atom is 0.0366 e. The molecule has 1 saturated heterocycles. The lowest BCUT2D eigenvalue weighted by Crippen LogP contribution is -2.29. The van der Waals surface area contributed by atoms with Crippen molar-refractivity contribution in [2.24, 2.45) is 5.73 Å². The number of benzene rings is 1. The number of hydrogen-bond acceptors (Lipinski definition) is 3. The van der Waals surface area contributed by atoms with Crippen molar-refractivity contribution in [3.63, 3.8) is 0 Å². The summed E-state index contributed by atoms with van der Waals surface area (Å²) in [5.74, 6) is 0. The van der Waals surface area contributed by atoms with Crippen molar-refractivity contribution in [3.8, 4) is 0 Å². The van der Waals surface area contributed by atoms with Crippen LogP contribution in [0.5, 0.6) is 0 Å². The summed E-state index contributed by atoms with van der Waals surface area (Å²) in [5, 5.41) is 0. The molecule has 0 radical (unpaired) electrons. The van der Waals surface area contributed by atoms with E-state index in [1.807, 2.05) is 0 Å². The van der Waals surface area contributed by atoms with Crippen molar-refractivity contribution in [2.75, 3.05) is 37.6 Å². The zero-order valence-corrected chi connectivity index (χ0v) is 12.9. The van der Waals surface area contributed by atoms with Gasteiger partial charge in [0.05, 0.1) is 0 Å². The molecule has 0 amide bonds. The van der Waals surface area contributed by atoms with Crippen molar-refractivity contribution in [3.05, 3.63) is 29.8 Å². The summed E-state index contributed by atoms with van der Waals surface area (Å²) in [6.45, 7) is 9.04. The quantitative estimate of drug-likeness (QED) is 0.792. The standard InChI is InChI=1S/C17H29N3/c1-2-10-20(14-5-13-19-11-3-4-12-19)17-8-6-16(15-18)7-9-17/h6-9H,2-5,10-15,18H2,1H3. The number of likely N-dealkylation sites (tertiary alicyclic amines) is 1. The second kappa shape index (κ2) is 8.28. The number of nitrogens with zero attached hydrogens (tertiary/aromatic N) is 2. The molecular weight excluding hydrogens is 246 g/mol. The summed E-state index contributed by atoms with van der Waals surface area (Å²) in [6, 6.07) is 8.73. The third-order valence-corrected chi connectivity index (χ3v) is 4.13. The maximum atomic E-state index is 5.67. The number of nitrogens with two attached hydrogens (primary N) is 1. The Balaban J connectivity index is 1.84. The van der Waals surface area contributed by atoms with Gasteiger partial charge in [-0.15, -0.1) is 0 Å². The van der Waals surface area contributed by atoms with Crippen LogP contribution < -0.4 is 10.6 Å². The average molecular weight is 275 g/mol. The van der Waals surface area contributed by atoms with Gasteiger partial charge < -0.3 is 15.5 Å². The molecular formula is C17H29N3. The van der Waals surface area contributed by atoms with Crippen LogP contribution in [0.25, 0.3) is 0 Å². The largest absolute Gasteiger partial charge is 0.371 e. The van der Waals surface area contributed by atoms with Crippen molar-refractivity contribution in [1.29, 1.82) is 0 Å². The molecule has 1 aromatic carbocycles. The van der Waals surface area contributed by atoms with E-state index >= 15 is 0 Å². The first-order chi connectivity index (χ1) is 9.83. The maximum absolute atomic E-state index is 5.67. The minimum atomic E-state index is 0.628. The summed E-state index contributed by atoms with van der Waals surface area (Å²) < 4.78 is 0. The van der Waals surface area contributed by atoms with E-state index in [1.165, 1.54) is 56.6 Å². The Morgan fingerprint density at radius 1 is 1.10 bits per heavy atom. The minimum Gasteiger partial charge on any atom is -0.371 e. The zero-order chi connectivity index (χ0) is 14.2. The highest BCUT2D eigenvalue weighted by Crippen LogP contribution is 2.16. The van der Waals surface area contributed by atoms with Crippen LogP contribution in [0.3, 0.4) is 0 Å². The van der Waals surface area contributed by atoms with Crippen LogP contribution in [0.1, 0.15) is 38.2 Å². The zero-order valence-electron chi connectivity index (χ0n) is 12.9. The predicted octanol–water partition coefficient (Wildman–Crippen LogP) is 2.85. The van der Waals surface area contributed by atoms with E-state index in [-0.39, 0.29) is 0 Å². The van der Waals surface area contributed by atoms with Crippen LogP contribution in [0.15, 0.2) is 24.3 Å². The fourth-order valence-electron chi connectivity index (χ4n) is 2.97. The van der Waals surface area contributed by atoms with Crippen molar-refractivity contribution in [1.82, 2.24) is 4.90 Å². The molecule has 0 atom stereocenters. The SMILES string of the molecule is CCCN(CCCN1CCCC1)c1ccc(CN)cc1. The predicted molar refractivity (Wildman–Crippen MR) is 87.1 cm³/mol. The van der Waals surface area contributed by atoms with Gasteiger partial charge in [-0.3, -0.25) is 0 Å². The molecule has 0 unspecified atom stereocenters. The lowest BCUT2D eigenvalue weighted by atomic mass is 10.2. The third kappa shape index (κ3) is 4.50. The third-order valence-electron chi connectivity index (χ3n) is 4.13. The van der Waals surface area contributed by atoms with E-state index < -0.39 is 0 Å². The first kappa shape index (κ1) is 15.3. The van der Waals surface area contributed by atoms with E-state index in [0.29, 0.717) is 6.54 Å². The molecule has 3 nitrogen and oxygen atoms in total. The molecule has 2 N–H and O–H groups in total. The molecule has 2 rings (SSSR count). The first-order valence-electron chi connectivity index (χ1n) is 8.10. The Hall–Kier alpha value is -1.06. The highest BCUT2D eigenvalue weighted by Gasteiger charge is 2.12. The topological polar surface area (TPSA) is 32.5 Å². The van der Waals surface area contributed by atoms with Crippen molar-refractivity contribution >= 4 is 5.69 Å². The van der Waals surface area contributed by atoms with Gasteiger partial charge >= 0.3 is 0 Å². The van der Waals surface area contributed by atoms with E-state index in [4.69, 9.17) is 5.73 Å². The number of anilines is 1. The summed E-state index contributed by atoms with van der Waals surface area (Å²) in [6.07, 6.45) is 5.24. The minimum absolute atomic E-state index is 0.628. The molecule has 1 aliphatic rings. The molecule has 112 valence electrons. The van der Waals surface area contributed by atoms with Crippen LogP contribution in [0.4, 0.5) is 5.69 Å². The Bertz CT molecular complexity index is 368. The number of rotatable bonds is 8. The van der Waals surface area contributed by atoms with Gasteiger partial charge in [0.1, 0.15) is 0 Å². The molecule has 0 spiro atoms. The van der Waals surface area contributed by atoms with Gasteiger partial charge in [-0.2, -0.15) is 0 Å². The van der Waals surface area contributed by atoms with Crippen molar-refractivity contribution < 1.29 is 0 Å². The molecule has 20 heavy (non-hydrogen) atoms. The molecule has 1 aliphatic heterocycles. The molecule has 1 fully saturated rings. The highest BCUT2D eigenvalue weighted by molar-refractivity contribution is 5.47. The lowest BCUT2D eigenvalue weighted by molar-refractivity contribution is 0.334. The highest BCUT2D eigenvalue weighted by atomic mass is 15.2. The molecule has 0 bridgehead atoms. The second-order valence-electron chi connectivity index (χ2n) is 5.76. The smallest absolute Gasteiger partial charge is 0.0366 e. The Morgan fingerprint density at radius 2 is 1.80 bits per heavy atom. The lowest BCUT2D eigenvalue weighted by Gasteiger charge is -2.26. The number of hydrogen-bond donors (Lipinski definition) is 1. The van der Waals surface area contributed by atoms with Crippen LogP contribution >= 0.6 is 0 Å². The normalized spacial score (nSPS) is 15.7. The summed E-state index contributed by atoms with van der Waals surface area (Å²) in [4.78, 5) is 5.11. The van der Waals surface area contributed by atoms with Gasteiger partial charge in [-0.1, -0.05) is 19.1 Å². The summed E-state index contributed by atoms with van der Waals surface area (Å²) in [7, 11) is 0. The van der Waals surface area contributed by atoms with Gasteiger partial charge in [-0.05, 0) is 63.0 Å². The van der Waals surface area contributed by atoms with E-state index in [9.17, 15) is 0 Å². The Kier molecular flexibility index (Phi) is 6.34. The second-order valence-corrected chi connectivity index (χ2v) is 5.76. The summed E-state index contributed by atoms with van der Waals surface area (Å²) in [5.41, 5.74) is 8.21. The molecule has 0 saturated carbocycles. The van der Waals surface area contributed by atoms with Gasteiger partial charge in [0.25, 0.3) is 0 Å². The van der Waals surface area contributed by atoms with Gasteiger partial charge in [0.15, 0.2) is 0 Å². The molecule has 0 aromatic heterocycles. The Morgan fingerprint density at radius 3 is 2.40 bits per heavy atom. The molecule has 1 heterocycles. The molecule has 0 aliphatic carbocycles. The van der Waals surface area contributed by atoms with Crippen LogP contribution in [0, 0.1) is 0 Å². The van der Waals surface area contributed by atoms with Gasteiger partial charge in [-0.25, -0.2) is 0 Å². The monoisotopic (exact) mass is 275 g/mol. The fraction of sp³-hybridized carbons (Fsp3) is 0.647. The Labute approximate surface area is 123 Å². The summed E-state index contributed by atoms with van der Waals surface area (Å²) >= 11 is 0. The van der Waals surface area contributed by atoms with E-state index in [0.717, 1.165) is 13.1 Å². The average Bonchev–Trinajstić information content (AvgIpc) is 3.00. The van der Waals surface area contributed by atoms with Gasteiger partial charge in [0.2, 0.25) is 0 Å². The fourth-order valence-corrected chi connectivity index (χ4v) is 2.97. The first-order valence-corrected chi connectivity index (χ1v) is 8.10. The molecule has 1 aromatic rings. The van der Waals surface area contributed by atoms with E-state index in [1.54, 1.807) is 0 Å². The van der Waals surface area contributed by atoms with Crippen LogP contribution in [0.2, 0.25) is 0 Å².